The summed E-state index contributed by atoms with van der Waals surface area (Å²) in [5, 5.41) is 0. The molecule has 0 spiro atoms. The van der Waals surface area contributed by atoms with Crippen LogP contribution in [-0.4, -0.2) is 113 Å². The molecule has 0 aliphatic carbocycles. The van der Waals surface area contributed by atoms with E-state index in [1.165, 1.54) is 16.7 Å². The lowest BCUT2D eigenvalue weighted by Crippen LogP contribution is -2.41. The monoisotopic (exact) mass is 2010 g/mol. The first-order chi connectivity index (χ1) is 50.8. The van der Waals surface area contributed by atoms with Crippen molar-refractivity contribution in [3.63, 3.8) is 0 Å². The van der Waals surface area contributed by atoms with E-state index in [0.29, 0.717) is 64.7 Å². The molecule has 19 atom stereocenters. The van der Waals surface area contributed by atoms with Crippen molar-refractivity contribution in [1.82, 2.24) is 0 Å². The number of rotatable bonds is 24. The Labute approximate surface area is 707 Å². The highest BCUT2D eigenvalue weighted by atomic mass is 79.9. The van der Waals surface area contributed by atoms with E-state index in [-0.39, 0.29) is 96.7 Å². The van der Waals surface area contributed by atoms with Crippen molar-refractivity contribution in [3.05, 3.63) is 184 Å². The Kier molecular flexibility index (Phi) is 54.0. The second kappa shape index (κ2) is 56.2. The normalized spacial score (nSPS) is 15.9. The maximum Gasteiger partial charge on any atom is 0.494 e. The Hall–Kier alpha value is 5.35. The quantitative estimate of drug-likeness (QED) is 0.0428. The molecule has 0 aromatic heterocycles. The van der Waals surface area contributed by atoms with Gasteiger partial charge in [-0.05, 0) is 166 Å². The van der Waals surface area contributed by atoms with Crippen molar-refractivity contribution in [1.29, 1.82) is 0 Å². The summed E-state index contributed by atoms with van der Waals surface area (Å²) in [7, 11) is 41.5. The maximum absolute atomic E-state index is 6.20. The van der Waals surface area contributed by atoms with Gasteiger partial charge in [-0.15, -0.1) is 147 Å². The summed E-state index contributed by atoms with van der Waals surface area (Å²) in [5.41, 5.74) is 10.4. The first-order valence-electron chi connectivity index (χ1n) is 33.7. The van der Waals surface area contributed by atoms with Crippen LogP contribution >= 0.6 is 230 Å². The molecule has 11 rings (SSSR count). The number of nitrogens with zero attached hydrogens (tertiary/aromatic N) is 1. The Balaban J connectivity index is 0.000000236. The van der Waals surface area contributed by atoms with Gasteiger partial charge in [0.1, 0.15) is 0 Å². The molecule has 0 N–H and O–H groups in total. The molecule has 107 heavy (non-hydrogen) atoms. The van der Waals surface area contributed by atoms with E-state index in [0.717, 1.165) is 75.3 Å². The lowest BCUT2D eigenvalue weighted by molar-refractivity contribution is 0.00578. The molecule has 4 aliphatic rings. The number of hydrogen-bond donors (Lipinski definition) is 0. The van der Waals surface area contributed by atoms with E-state index in [1.807, 2.05) is 48.5 Å². The summed E-state index contributed by atoms with van der Waals surface area (Å²) in [6.45, 7) is 31.8. The van der Waals surface area contributed by atoms with Crippen LogP contribution in [0.15, 0.2) is 179 Å². The molecule has 7 aromatic carbocycles. The van der Waals surface area contributed by atoms with Crippen molar-refractivity contribution in [3.8, 4) is 22.6 Å². The van der Waals surface area contributed by atoms with Gasteiger partial charge in [0.25, 0.3) is 0 Å². The van der Waals surface area contributed by atoms with Crippen molar-refractivity contribution in [2.75, 3.05) is 57.8 Å². The minimum atomic E-state index is -0.363. The van der Waals surface area contributed by atoms with Crippen molar-refractivity contribution >= 4 is 317 Å². The first-order valence-corrected chi connectivity index (χ1v) is 74.5. The molecule has 44 heteroatoms. The van der Waals surface area contributed by atoms with Crippen LogP contribution < -0.4 is 36.2 Å². The molecule has 4 aliphatic heterocycles. The van der Waals surface area contributed by atoms with Crippen LogP contribution in [0.25, 0.3) is 11.1 Å². The van der Waals surface area contributed by atoms with Gasteiger partial charge in [0.2, 0.25) is 20.2 Å². The summed E-state index contributed by atoms with van der Waals surface area (Å²) < 4.78 is 59.0. The summed E-state index contributed by atoms with van der Waals surface area (Å²) in [4.78, 5) is 2.23. The Morgan fingerprint density at radius 2 is 0.804 bits per heavy atom. The van der Waals surface area contributed by atoms with E-state index >= 15 is 0 Å². The standard InChI is InChI=1S/C24H24BBr2NO2.C16H25BO4.C14H13BO2.C9H11BO2.BH11P9.BH10P8.BH9P7/c1-23(2)24(3,4)30-25(29-23)17-5-11-20(12-6-17)28(21-13-7-18(26)8-14-21)22-15-9-19(27)10-16-22;1-12(2)10-18-15-6-5-14(17-20-7-8-21-17)9-16(15)19-11-13(3)4;1-2-4-12(5-3-1)13-6-8-14(9-7-13)15-16-10-11-17-15;1-8-2-4-9(5-3-8)10-11-6-7-12-10;2-7-9(10(5)6)1-8(3)4;2-7(3)1-8(4)9(5)6;2-6-8(5)1-7(3)4/h5-16H,1-4H3;5-6,9,12-13H,7-8,10-11H2,1-4H3;1-9H,10-11H2;2-5H,6-7H2,1H3;7H,2-6H2;2-6H2;6H,2-5H2. The molecule has 4 fully saturated rings. The van der Waals surface area contributed by atoms with E-state index in [4.69, 9.17) is 46.7 Å². The molecule has 7 aromatic rings. The Bertz CT molecular complexity index is 3520. The molecule has 11 nitrogen and oxygen atoms in total. The molecule has 0 bridgehead atoms. The van der Waals surface area contributed by atoms with Crippen molar-refractivity contribution < 1.29 is 46.7 Å². The molecular weight excluding hydrogens is 1910 g/mol. The Morgan fingerprint density at radius 3 is 1.16 bits per heavy atom. The number of ether oxygens (including phenoxy) is 2. The van der Waals surface area contributed by atoms with E-state index in [9.17, 15) is 0 Å². The van der Waals surface area contributed by atoms with Gasteiger partial charge in [0, 0.05) is 26.0 Å². The third-order valence-corrected chi connectivity index (χ3v) is 77.2. The topological polar surface area (TPSA) is 95.5 Å². The predicted molar refractivity (Wildman–Crippen MR) is 559 cm³/mol. The minimum Gasteiger partial charge on any atom is -0.489 e. The van der Waals surface area contributed by atoms with Gasteiger partial charge < -0.3 is 51.6 Å². The van der Waals surface area contributed by atoms with Crippen LogP contribution in [-0.2, 0) is 37.2 Å². The second-order valence-corrected chi connectivity index (χ2v) is 90.7. The van der Waals surface area contributed by atoms with E-state index in [1.54, 1.807) is 0 Å². The van der Waals surface area contributed by atoms with E-state index in [2.05, 4.69) is 366 Å². The number of benzene rings is 7. The highest BCUT2D eigenvalue weighted by molar-refractivity contribution is 9.10. The molecule has 4 heterocycles. The van der Waals surface area contributed by atoms with E-state index < -0.39 is 0 Å². The third kappa shape index (κ3) is 40.0. The predicted octanol–water partition coefficient (Wildman–Crippen LogP) is 23.8. The zero-order valence-corrected chi connectivity index (χ0v) is 90.5. The van der Waals surface area contributed by atoms with Crippen LogP contribution in [0.4, 0.5) is 17.1 Å². The van der Waals surface area contributed by atoms with Crippen LogP contribution in [0.5, 0.6) is 11.5 Å². The smallest absolute Gasteiger partial charge is 0.489 e. The number of halogens is 2. The summed E-state index contributed by atoms with van der Waals surface area (Å²) in [6, 6.07) is 57.9. The summed E-state index contributed by atoms with van der Waals surface area (Å²) in [6.07, 6.45) is 0. The molecule has 19 unspecified atom stereocenters. The highest BCUT2D eigenvalue weighted by Crippen LogP contribution is 2.90. The van der Waals surface area contributed by atoms with Crippen LogP contribution in [0.2, 0.25) is 0 Å². The third-order valence-electron chi connectivity index (χ3n) is 15.3. The largest absolute Gasteiger partial charge is 0.494 e. The minimum absolute atomic E-state index is 0.0335. The second-order valence-electron chi connectivity index (χ2n) is 25.5. The van der Waals surface area contributed by atoms with Crippen molar-refractivity contribution in [2.24, 2.45) is 11.8 Å². The van der Waals surface area contributed by atoms with Gasteiger partial charge >= 0.3 is 28.5 Å². The fourth-order valence-corrected chi connectivity index (χ4v) is 73.4. The number of aryl methyl sites for hydroxylation is 1. The Morgan fingerprint density at radius 1 is 0.439 bits per heavy atom. The van der Waals surface area contributed by atoms with Gasteiger partial charge in [-0.2, -0.15) is 0 Å². The van der Waals surface area contributed by atoms with Crippen LogP contribution in [0, 0.1) is 18.8 Å². The lowest BCUT2D eigenvalue weighted by atomic mass is 9.79. The molecule has 0 amide bonds. The number of hydrogen-bond acceptors (Lipinski definition) is 11. The van der Waals surface area contributed by atoms with Crippen molar-refractivity contribution in [2.45, 2.75) is 73.5 Å². The van der Waals surface area contributed by atoms with Gasteiger partial charge in [-0.25, -0.2) is 0 Å². The van der Waals surface area contributed by atoms with Crippen LogP contribution in [0.1, 0.15) is 61.0 Å². The first kappa shape index (κ1) is 103. The van der Waals surface area contributed by atoms with Gasteiger partial charge in [-0.1, -0.05) is 200 Å². The highest BCUT2D eigenvalue weighted by Gasteiger charge is 2.51. The fourth-order valence-electron chi connectivity index (χ4n) is 9.30. The SMILES string of the molecule is CC(C)COc1ccc(B2OCCO2)cc1OCC(C)C.CC1(C)OB(c2ccc(N(c3ccc(Br)cc3)c3ccc(Br)cc3)cc2)OC1(C)C.Cc1ccc(B2OCCO2)cc1.PP(P)[B]P(P)P(P)P.PPP(P)[B]P(P)P.PPP([B]P(P)P)P(P)P.c1ccc(-c2ccc(B3OCCO3)cc2)cc1. The van der Waals surface area contributed by atoms with Gasteiger partial charge in [0.15, 0.2) is 11.5 Å². The average Bonchev–Trinajstić information content (AvgIpc) is 1.68. The van der Waals surface area contributed by atoms with Crippen LogP contribution in [0.3, 0.4) is 0 Å². The molecule has 0 saturated carbocycles. The number of anilines is 3. The zero-order chi connectivity index (χ0) is 78.8. The molecule has 3 radical (unpaired) electrons. The summed E-state index contributed by atoms with van der Waals surface area (Å²) >= 11 is 7.06. The fraction of sp³-hybridized carbons (Fsp3) is 0.333. The molecular formula is C63H103B7Br2NO10P24. The zero-order valence-electron chi connectivity index (χ0n) is 62.0. The molecule has 4 saturated heterocycles. The maximum atomic E-state index is 6.20. The molecule has 575 valence electrons. The summed E-state index contributed by atoms with van der Waals surface area (Å²) in [5.74, 6) is 2.49. The lowest BCUT2D eigenvalue weighted by Gasteiger charge is -2.32. The van der Waals surface area contributed by atoms with Gasteiger partial charge in [-0.3, -0.25) is 0 Å². The average molecular weight is 2010 g/mol. The van der Waals surface area contributed by atoms with Gasteiger partial charge in [0.05, 0.1) is 64.1 Å².